The first kappa shape index (κ1) is 12.6. The van der Waals surface area contributed by atoms with Crippen LogP contribution in [0.2, 0.25) is 0 Å². The van der Waals surface area contributed by atoms with Gasteiger partial charge in [0, 0.05) is 7.05 Å². The van der Waals surface area contributed by atoms with Gasteiger partial charge in [0.05, 0.1) is 5.75 Å². The summed E-state index contributed by atoms with van der Waals surface area (Å²) in [5.41, 5.74) is 1.77. The minimum Gasteiger partial charge on any atom is -0.251 e. The van der Waals surface area contributed by atoms with Crippen LogP contribution in [-0.2, 0) is 22.8 Å². The first-order chi connectivity index (χ1) is 8.46. The van der Waals surface area contributed by atoms with Crippen LogP contribution in [0, 0.1) is 6.92 Å². The van der Waals surface area contributed by atoms with Gasteiger partial charge in [-0.05, 0) is 12.5 Å². The minimum atomic E-state index is -3.47. The van der Waals surface area contributed by atoms with Crippen LogP contribution >= 0.6 is 0 Å². The average molecular weight is 266 g/mol. The van der Waals surface area contributed by atoms with Crippen LogP contribution < -0.4 is 4.72 Å². The highest BCUT2D eigenvalue weighted by Crippen LogP contribution is 2.11. The second-order valence-electron chi connectivity index (χ2n) is 4.06. The molecule has 0 fully saturated rings. The van der Waals surface area contributed by atoms with E-state index < -0.39 is 10.0 Å². The third kappa shape index (κ3) is 3.07. The van der Waals surface area contributed by atoms with E-state index >= 15 is 0 Å². The number of aryl methyl sites for hydroxylation is 2. The van der Waals surface area contributed by atoms with Crippen molar-refractivity contribution in [1.29, 1.82) is 0 Å². The fourth-order valence-corrected chi connectivity index (χ4v) is 2.74. The second kappa shape index (κ2) is 4.77. The van der Waals surface area contributed by atoms with Crippen molar-refractivity contribution in [2.24, 2.45) is 7.05 Å². The molecule has 0 aliphatic rings. The van der Waals surface area contributed by atoms with Gasteiger partial charge in [0.2, 0.25) is 16.0 Å². The molecule has 1 N–H and O–H groups in total. The molecule has 7 heteroatoms. The molecular formula is C11H14N4O2S. The zero-order chi connectivity index (χ0) is 13.2. The molecule has 0 saturated carbocycles. The molecule has 1 aromatic carbocycles. The zero-order valence-corrected chi connectivity index (χ0v) is 11.0. The number of hydrogen-bond acceptors (Lipinski definition) is 4. The quantitative estimate of drug-likeness (QED) is 0.898. The molecule has 0 radical (unpaired) electrons. The van der Waals surface area contributed by atoms with Gasteiger partial charge in [0.1, 0.15) is 6.33 Å². The Morgan fingerprint density at radius 3 is 2.78 bits per heavy atom. The van der Waals surface area contributed by atoms with E-state index in [0.717, 1.165) is 11.1 Å². The monoisotopic (exact) mass is 266 g/mol. The predicted octanol–water partition coefficient (Wildman–Crippen LogP) is 1.07. The molecule has 2 rings (SSSR count). The first-order valence-corrected chi connectivity index (χ1v) is 7.01. The van der Waals surface area contributed by atoms with Gasteiger partial charge in [-0.2, -0.15) is 10.1 Å². The van der Waals surface area contributed by atoms with Crippen molar-refractivity contribution in [3.8, 4) is 0 Å². The lowest BCUT2D eigenvalue weighted by Crippen LogP contribution is -2.17. The van der Waals surface area contributed by atoms with Crippen molar-refractivity contribution in [3.05, 3.63) is 41.7 Å². The molecule has 1 aromatic heterocycles. The van der Waals surface area contributed by atoms with E-state index in [1.54, 1.807) is 13.1 Å². The number of nitrogens with one attached hydrogen (secondary N) is 1. The Morgan fingerprint density at radius 2 is 2.17 bits per heavy atom. The minimum absolute atomic E-state index is 0.0818. The van der Waals surface area contributed by atoms with Crippen LogP contribution in [-0.4, -0.2) is 23.2 Å². The van der Waals surface area contributed by atoms with Crippen molar-refractivity contribution >= 4 is 16.0 Å². The van der Waals surface area contributed by atoms with E-state index in [4.69, 9.17) is 0 Å². The Morgan fingerprint density at radius 1 is 1.39 bits per heavy atom. The van der Waals surface area contributed by atoms with E-state index in [1.165, 1.54) is 11.0 Å². The largest absolute Gasteiger partial charge is 0.251 e. The van der Waals surface area contributed by atoms with Crippen molar-refractivity contribution in [1.82, 2.24) is 14.8 Å². The summed E-state index contributed by atoms with van der Waals surface area (Å²) in [6.45, 7) is 1.92. The number of benzene rings is 1. The normalized spacial score (nSPS) is 11.4. The van der Waals surface area contributed by atoms with Crippen LogP contribution in [0.3, 0.4) is 0 Å². The summed E-state index contributed by atoms with van der Waals surface area (Å²) in [5.74, 6) is 0.129. The smallest absolute Gasteiger partial charge is 0.239 e. The zero-order valence-electron chi connectivity index (χ0n) is 10.2. The van der Waals surface area contributed by atoms with Gasteiger partial charge in [-0.1, -0.05) is 29.8 Å². The molecule has 0 aliphatic heterocycles. The molecule has 2 aromatic rings. The number of hydrogen-bond donors (Lipinski definition) is 1. The fourth-order valence-electron chi connectivity index (χ4n) is 1.59. The topological polar surface area (TPSA) is 76.9 Å². The summed E-state index contributed by atoms with van der Waals surface area (Å²) >= 11 is 0. The van der Waals surface area contributed by atoms with Crippen LogP contribution in [0.1, 0.15) is 11.1 Å². The van der Waals surface area contributed by atoms with Crippen LogP contribution in [0.15, 0.2) is 30.6 Å². The molecule has 0 spiro atoms. The molecule has 0 saturated heterocycles. The van der Waals surface area contributed by atoms with Gasteiger partial charge in [0.15, 0.2) is 0 Å². The molecule has 96 valence electrons. The van der Waals surface area contributed by atoms with Crippen LogP contribution in [0.4, 0.5) is 5.95 Å². The van der Waals surface area contributed by atoms with E-state index in [9.17, 15) is 8.42 Å². The Balaban J connectivity index is 2.15. The third-order valence-corrected chi connectivity index (χ3v) is 3.60. The van der Waals surface area contributed by atoms with Gasteiger partial charge in [0.25, 0.3) is 0 Å². The van der Waals surface area contributed by atoms with E-state index in [0.29, 0.717) is 0 Å². The fraction of sp³-hybridized carbons (Fsp3) is 0.273. The van der Waals surface area contributed by atoms with E-state index in [1.807, 2.05) is 25.1 Å². The number of anilines is 1. The highest BCUT2D eigenvalue weighted by molar-refractivity contribution is 7.91. The summed E-state index contributed by atoms with van der Waals surface area (Å²) in [4.78, 5) is 3.82. The number of nitrogens with zero attached hydrogens (tertiary/aromatic N) is 3. The van der Waals surface area contributed by atoms with Gasteiger partial charge < -0.3 is 0 Å². The molecule has 0 unspecified atom stereocenters. The van der Waals surface area contributed by atoms with Crippen LogP contribution in [0.5, 0.6) is 0 Å². The highest BCUT2D eigenvalue weighted by Gasteiger charge is 2.14. The summed E-state index contributed by atoms with van der Waals surface area (Å²) in [6, 6.07) is 7.38. The van der Waals surface area contributed by atoms with Crippen molar-refractivity contribution in [2.45, 2.75) is 12.7 Å². The Bertz CT molecular complexity index is 649. The third-order valence-electron chi connectivity index (χ3n) is 2.40. The SMILES string of the molecule is Cc1cccc(CS(=O)(=O)Nc2ncnn2C)c1. The average Bonchev–Trinajstić information content (AvgIpc) is 2.62. The number of rotatable bonds is 4. The molecule has 18 heavy (non-hydrogen) atoms. The molecule has 0 aliphatic carbocycles. The van der Waals surface area contributed by atoms with Gasteiger partial charge in [-0.15, -0.1) is 0 Å². The maximum Gasteiger partial charge on any atom is 0.239 e. The first-order valence-electron chi connectivity index (χ1n) is 5.36. The van der Waals surface area contributed by atoms with Crippen LogP contribution in [0.25, 0.3) is 0 Å². The van der Waals surface area contributed by atoms with E-state index in [-0.39, 0.29) is 11.7 Å². The van der Waals surface area contributed by atoms with Crippen molar-refractivity contribution in [3.63, 3.8) is 0 Å². The molecule has 1 heterocycles. The van der Waals surface area contributed by atoms with Gasteiger partial charge >= 0.3 is 0 Å². The molecule has 0 amide bonds. The Labute approximate surface area is 106 Å². The maximum atomic E-state index is 11.9. The molecular weight excluding hydrogens is 252 g/mol. The van der Waals surface area contributed by atoms with Crippen molar-refractivity contribution in [2.75, 3.05) is 4.72 Å². The lowest BCUT2D eigenvalue weighted by molar-refractivity contribution is 0.599. The lowest BCUT2D eigenvalue weighted by Gasteiger charge is -2.07. The van der Waals surface area contributed by atoms with Gasteiger partial charge in [-0.25, -0.2) is 13.1 Å². The Hall–Kier alpha value is -1.89. The summed E-state index contributed by atoms with van der Waals surface area (Å²) in [7, 11) is -1.85. The second-order valence-corrected chi connectivity index (χ2v) is 5.78. The predicted molar refractivity (Wildman–Crippen MR) is 68.4 cm³/mol. The van der Waals surface area contributed by atoms with E-state index in [2.05, 4.69) is 14.8 Å². The summed E-state index contributed by atoms with van der Waals surface area (Å²) in [5, 5.41) is 3.80. The number of aromatic nitrogens is 3. The molecule has 0 bridgehead atoms. The van der Waals surface area contributed by atoms with Gasteiger partial charge in [-0.3, -0.25) is 4.72 Å². The number of sulfonamides is 1. The molecule has 0 atom stereocenters. The summed E-state index contributed by atoms with van der Waals surface area (Å²) < 4.78 is 27.6. The highest BCUT2D eigenvalue weighted by atomic mass is 32.2. The summed E-state index contributed by atoms with van der Waals surface area (Å²) in [6.07, 6.45) is 1.30. The maximum absolute atomic E-state index is 11.9. The molecule has 6 nitrogen and oxygen atoms in total. The Kier molecular flexibility index (Phi) is 3.33. The van der Waals surface area contributed by atoms with Crippen molar-refractivity contribution < 1.29 is 8.42 Å². The standard InChI is InChI=1S/C11H14N4O2S/c1-9-4-3-5-10(6-9)7-18(16,17)14-11-12-8-13-15(11)2/h3-6,8H,7H2,1-2H3,(H,12,13,14). The lowest BCUT2D eigenvalue weighted by atomic mass is 10.2.